The van der Waals surface area contributed by atoms with Crippen molar-refractivity contribution in [2.24, 2.45) is 5.73 Å². The molecule has 106 valence electrons. The Balaban J connectivity index is 2.29. The molecule has 1 aromatic heterocycles. The number of hydrogen-bond acceptors (Lipinski definition) is 4. The van der Waals surface area contributed by atoms with Crippen LogP contribution in [0, 0.1) is 0 Å². The van der Waals surface area contributed by atoms with Crippen molar-refractivity contribution >= 4 is 23.4 Å². The van der Waals surface area contributed by atoms with Gasteiger partial charge in [0.05, 0.1) is 0 Å². The molecule has 0 amide bonds. The number of nitrogens with two attached hydrogens (primary N) is 1. The maximum atomic E-state index is 11.3. The van der Waals surface area contributed by atoms with Crippen molar-refractivity contribution < 1.29 is 0 Å². The lowest BCUT2D eigenvalue weighted by atomic mass is 10.1. The van der Waals surface area contributed by atoms with Gasteiger partial charge in [0.25, 0.3) is 5.56 Å². The van der Waals surface area contributed by atoms with E-state index in [1.165, 1.54) is 24.0 Å². The largest absolute Gasteiger partial charge is 0.327 e. The van der Waals surface area contributed by atoms with Crippen LogP contribution in [0.4, 0.5) is 0 Å². The van der Waals surface area contributed by atoms with Crippen LogP contribution in [0.25, 0.3) is 0 Å². The summed E-state index contributed by atoms with van der Waals surface area (Å²) in [6, 6.07) is 7.19. The van der Waals surface area contributed by atoms with Crippen LogP contribution in [0.2, 0.25) is 5.02 Å². The molecule has 2 aromatic rings. The third-order valence-corrected chi connectivity index (χ3v) is 4.13. The Morgan fingerprint density at radius 3 is 2.95 bits per heavy atom. The SMILES string of the molecule is CCC(N)Cc1ccc(Cl)cc1Sc1nccc(=O)[nH]1. The topological polar surface area (TPSA) is 71.8 Å². The zero-order valence-electron chi connectivity index (χ0n) is 11.1. The van der Waals surface area contributed by atoms with E-state index in [2.05, 4.69) is 16.9 Å². The van der Waals surface area contributed by atoms with Crippen LogP contribution in [0.15, 0.2) is 45.3 Å². The first-order chi connectivity index (χ1) is 9.58. The van der Waals surface area contributed by atoms with Gasteiger partial charge in [-0.25, -0.2) is 4.98 Å². The summed E-state index contributed by atoms with van der Waals surface area (Å²) < 4.78 is 0. The number of nitrogens with one attached hydrogen (secondary N) is 1. The van der Waals surface area contributed by atoms with E-state index in [0.717, 1.165) is 23.3 Å². The fourth-order valence-electron chi connectivity index (χ4n) is 1.73. The minimum absolute atomic E-state index is 0.110. The molecule has 20 heavy (non-hydrogen) atoms. The van der Waals surface area contributed by atoms with Gasteiger partial charge >= 0.3 is 0 Å². The van der Waals surface area contributed by atoms with E-state index < -0.39 is 0 Å². The van der Waals surface area contributed by atoms with E-state index in [0.29, 0.717) is 10.2 Å². The number of halogens is 1. The lowest BCUT2D eigenvalue weighted by Gasteiger charge is -2.13. The second-order valence-corrected chi connectivity index (χ2v) is 5.93. The van der Waals surface area contributed by atoms with E-state index in [-0.39, 0.29) is 11.6 Å². The van der Waals surface area contributed by atoms with Gasteiger partial charge in [-0.05, 0) is 30.5 Å². The molecular weight excluding hydrogens is 294 g/mol. The van der Waals surface area contributed by atoms with Gasteiger partial charge in [0.2, 0.25) is 0 Å². The number of benzene rings is 1. The minimum Gasteiger partial charge on any atom is -0.327 e. The maximum Gasteiger partial charge on any atom is 0.251 e. The first-order valence-electron chi connectivity index (χ1n) is 6.35. The van der Waals surface area contributed by atoms with E-state index in [1.54, 1.807) is 0 Å². The van der Waals surface area contributed by atoms with E-state index in [9.17, 15) is 4.79 Å². The Morgan fingerprint density at radius 2 is 2.25 bits per heavy atom. The van der Waals surface area contributed by atoms with Crippen LogP contribution in [0.3, 0.4) is 0 Å². The lowest BCUT2D eigenvalue weighted by molar-refractivity contribution is 0.641. The average Bonchev–Trinajstić information content (AvgIpc) is 2.41. The molecule has 1 heterocycles. The second kappa shape index (κ2) is 6.92. The Hall–Kier alpha value is -1.30. The third-order valence-electron chi connectivity index (χ3n) is 2.89. The van der Waals surface area contributed by atoms with Crippen molar-refractivity contribution in [3.8, 4) is 0 Å². The van der Waals surface area contributed by atoms with Crippen LogP contribution in [-0.2, 0) is 6.42 Å². The highest BCUT2D eigenvalue weighted by molar-refractivity contribution is 7.99. The molecule has 0 saturated heterocycles. The number of H-pyrrole nitrogens is 1. The average molecular weight is 310 g/mol. The lowest BCUT2D eigenvalue weighted by Crippen LogP contribution is -2.21. The van der Waals surface area contributed by atoms with Gasteiger partial charge < -0.3 is 10.7 Å². The van der Waals surface area contributed by atoms with E-state index in [1.807, 2.05) is 18.2 Å². The van der Waals surface area contributed by atoms with Gasteiger partial charge in [-0.3, -0.25) is 4.79 Å². The minimum atomic E-state index is -0.170. The second-order valence-electron chi connectivity index (χ2n) is 4.47. The van der Waals surface area contributed by atoms with E-state index in [4.69, 9.17) is 17.3 Å². The molecule has 6 heteroatoms. The molecule has 1 unspecified atom stereocenters. The van der Waals surface area contributed by atoms with Crippen molar-refractivity contribution in [3.05, 3.63) is 51.4 Å². The standard InChI is InChI=1S/C14H16ClN3OS/c1-2-11(16)7-9-3-4-10(15)8-12(9)20-14-17-6-5-13(19)18-14/h3-6,8,11H,2,7,16H2,1H3,(H,17,18,19). The molecule has 2 rings (SSSR count). The van der Waals surface area contributed by atoms with Crippen molar-refractivity contribution in [2.45, 2.75) is 35.9 Å². The van der Waals surface area contributed by atoms with Gasteiger partial charge in [-0.1, -0.05) is 36.4 Å². The van der Waals surface area contributed by atoms with Crippen LogP contribution >= 0.6 is 23.4 Å². The molecule has 0 radical (unpaired) electrons. The number of aromatic amines is 1. The first kappa shape index (κ1) is 15.1. The third kappa shape index (κ3) is 4.10. The Labute approximate surface area is 126 Å². The predicted octanol–water partition coefficient (Wildman–Crippen LogP) is 2.85. The molecule has 0 aliphatic carbocycles. The molecule has 0 aliphatic heterocycles. The van der Waals surface area contributed by atoms with Gasteiger partial charge in [0, 0.05) is 28.2 Å². The van der Waals surface area contributed by atoms with Crippen molar-refractivity contribution in [1.29, 1.82) is 0 Å². The highest BCUT2D eigenvalue weighted by Gasteiger charge is 2.10. The van der Waals surface area contributed by atoms with Crippen molar-refractivity contribution in [3.63, 3.8) is 0 Å². The molecule has 3 N–H and O–H groups in total. The number of hydrogen-bond donors (Lipinski definition) is 2. The Morgan fingerprint density at radius 1 is 1.45 bits per heavy atom. The highest BCUT2D eigenvalue weighted by atomic mass is 35.5. The summed E-state index contributed by atoms with van der Waals surface area (Å²) in [6.45, 7) is 2.06. The fraction of sp³-hybridized carbons (Fsp3) is 0.286. The summed E-state index contributed by atoms with van der Waals surface area (Å²) in [7, 11) is 0. The van der Waals surface area contributed by atoms with E-state index >= 15 is 0 Å². The van der Waals surface area contributed by atoms with Gasteiger partial charge in [0.1, 0.15) is 0 Å². The monoisotopic (exact) mass is 309 g/mol. The van der Waals surface area contributed by atoms with Gasteiger partial charge in [0.15, 0.2) is 5.16 Å². The summed E-state index contributed by atoms with van der Waals surface area (Å²) in [6.07, 6.45) is 3.17. The summed E-state index contributed by atoms with van der Waals surface area (Å²) in [5, 5.41) is 1.20. The normalized spacial score (nSPS) is 12.3. The van der Waals surface area contributed by atoms with Crippen LogP contribution in [0.5, 0.6) is 0 Å². The van der Waals surface area contributed by atoms with Crippen LogP contribution < -0.4 is 11.3 Å². The number of rotatable bonds is 5. The smallest absolute Gasteiger partial charge is 0.251 e. The summed E-state index contributed by atoms with van der Waals surface area (Å²) in [5.74, 6) is 0. The molecule has 0 aliphatic rings. The Kier molecular flexibility index (Phi) is 5.23. The zero-order chi connectivity index (χ0) is 14.5. The molecule has 0 bridgehead atoms. The van der Waals surface area contributed by atoms with Gasteiger partial charge in [-0.15, -0.1) is 0 Å². The summed E-state index contributed by atoms with van der Waals surface area (Å²) in [4.78, 5) is 19.1. The molecule has 1 aromatic carbocycles. The van der Waals surface area contributed by atoms with Crippen LogP contribution in [0.1, 0.15) is 18.9 Å². The number of aromatic nitrogens is 2. The molecule has 0 fully saturated rings. The predicted molar refractivity (Wildman–Crippen MR) is 82.4 cm³/mol. The van der Waals surface area contributed by atoms with Crippen LogP contribution in [-0.4, -0.2) is 16.0 Å². The first-order valence-corrected chi connectivity index (χ1v) is 7.55. The molecule has 4 nitrogen and oxygen atoms in total. The number of nitrogens with zero attached hydrogens (tertiary/aromatic N) is 1. The highest BCUT2D eigenvalue weighted by Crippen LogP contribution is 2.30. The maximum absolute atomic E-state index is 11.3. The quantitative estimate of drug-likeness (QED) is 0.833. The Bertz CT molecular complexity index is 644. The molecular formula is C14H16ClN3OS. The van der Waals surface area contributed by atoms with Crippen molar-refractivity contribution in [2.75, 3.05) is 0 Å². The molecule has 0 spiro atoms. The molecule has 1 atom stereocenters. The fourth-order valence-corrected chi connectivity index (χ4v) is 2.91. The van der Waals surface area contributed by atoms with Gasteiger partial charge in [-0.2, -0.15) is 0 Å². The zero-order valence-corrected chi connectivity index (χ0v) is 12.7. The summed E-state index contributed by atoms with van der Waals surface area (Å²) >= 11 is 7.44. The molecule has 0 saturated carbocycles. The van der Waals surface area contributed by atoms with Crippen molar-refractivity contribution in [1.82, 2.24) is 9.97 Å². The summed E-state index contributed by atoms with van der Waals surface area (Å²) in [5.41, 5.74) is 6.96.